The summed E-state index contributed by atoms with van der Waals surface area (Å²) in [7, 11) is 0. The van der Waals surface area contributed by atoms with Crippen LogP contribution >= 0.6 is 0 Å². The number of nitrogens with zero attached hydrogens (tertiary/aromatic N) is 1. The smallest absolute Gasteiger partial charge is 0.147 e. The van der Waals surface area contributed by atoms with Crippen LogP contribution < -0.4 is 0 Å². The average Bonchev–Trinajstić information content (AvgIpc) is 2.05. The van der Waals surface area contributed by atoms with Crippen molar-refractivity contribution in [3.05, 3.63) is 12.3 Å². The normalized spacial score (nSPS) is 18.8. The molecule has 0 bridgehead atoms. The molecule has 1 atom stereocenters. The van der Waals surface area contributed by atoms with Gasteiger partial charge in [-0.3, -0.25) is 4.89 Å². The topological polar surface area (TPSA) is 30.8 Å². The van der Waals surface area contributed by atoms with Crippen LogP contribution in [0.5, 0.6) is 0 Å². The van der Waals surface area contributed by atoms with Crippen molar-refractivity contribution in [3.8, 4) is 0 Å². The van der Waals surface area contributed by atoms with Gasteiger partial charge in [-0.25, -0.2) is 0 Å². The van der Waals surface area contributed by atoms with Crippen molar-refractivity contribution >= 4 is 5.71 Å². The minimum absolute atomic E-state index is 0.445. The van der Waals surface area contributed by atoms with Gasteiger partial charge in [0.1, 0.15) is 6.26 Å². The van der Waals surface area contributed by atoms with Crippen LogP contribution in [0.15, 0.2) is 17.5 Å². The summed E-state index contributed by atoms with van der Waals surface area (Å²) in [5.41, 5.74) is 0.939. The Balaban J connectivity index is 2.54. The Morgan fingerprint density at radius 3 is 3.00 bits per heavy atom. The van der Waals surface area contributed by atoms with E-state index < -0.39 is 0 Å². The second-order valence-electron chi connectivity index (χ2n) is 2.30. The van der Waals surface area contributed by atoms with Crippen molar-refractivity contribution in [1.29, 1.82) is 0 Å². The molecule has 1 aliphatic rings. The van der Waals surface area contributed by atoms with Gasteiger partial charge in [0.05, 0.1) is 5.71 Å². The molecular formula is C7H11NO2. The Morgan fingerprint density at radius 2 is 2.50 bits per heavy atom. The van der Waals surface area contributed by atoms with Gasteiger partial charge in [-0.2, -0.15) is 4.99 Å². The highest BCUT2D eigenvalue weighted by Crippen LogP contribution is 2.08. The molecule has 0 saturated heterocycles. The monoisotopic (exact) mass is 141 g/mol. The number of allylic oxidation sites excluding steroid dienone is 1. The summed E-state index contributed by atoms with van der Waals surface area (Å²) in [6, 6.07) is 0. The van der Waals surface area contributed by atoms with Crippen LogP contribution in [0.2, 0.25) is 0 Å². The zero-order valence-corrected chi connectivity index (χ0v) is 6.20. The lowest BCUT2D eigenvalue weighted by atomic mass is 10.0. The second-order valence-corrected chi connectivity index (χ2v) is 2.30. The maximum Gasteiger partial charge on any atom is 0.147 e. The van der Waals surface area contributed by atoms with E-state index in [2.05, 4.69) is 28.9 Å². The molecule has 1 heterocycles. The van der Waals surface area contributed by atoms with Gasteiger partial charge in [-0.15, -0.1) is 0 Å². The van der Waals surface area contributed by atoms with Gasteiger partial charge >= 0.3 is 0 Å². The van der Waals surface area contributed by atoms with Gasteiger partial charge < -0.3 is 0 Å². The predicted octanol–water partition coefficient (Wildman–Crippen LogP) is 1.86. The molecule has 56 valence electrons. The predicted molar refractivity (Wildman–Crippen MR) is 38.2 cm³/mol. The molecule has 3 heteroatoms. The fourth-order valence-electron chi connectivity index (χ4n) is 0.681. The molecule has 1 rings (SSSR count). The van der Waals surface area contributed by atoms with E-state index in [9.17, 15) is 0 Å². The Labute approximate surface area is 60.2 Å². The molecule has 0 spiro atoms. The maximum absolute atomic E-state index is 4.43. The van der Waals surface area contributed by atoms with Crippen molar-refractivity contribution < 1.29 is 9.88 Å². The van der Waals surface area contributed by atoms with Crippen molar-refractivity contribution in [2.24, 2.45) is 11.1 Å². The minimum atomic E-state index is 0.445. The van der Waals surface area contributed by atoms with E-state index in [0.29, 0.717) is 5.92 Å². The van der Waals surface area contributed by atoms with E-state index in [1.54, 1.807) is 0 Å². The Hall–Kier alpha value is -0.990. The highest BCUT2D eigenvalue weighted by atomic mass is 17.3. The number of hydrogen-bond donors (Lipinski definition) is 0. The number of oxime groups is 1. The summed E-state index contributed by atoms with van der Waals surface area (Å²) in [5.74, 6) is 0.445. The van der Waals surface area contributed by atoms with Crippen LogP contribution in [0.25, 0.3) is 0 Å². The SMILES string of the molecule is CCC(C)C1=NOOC=C1. The Kier molecular flexibility index (Phi) is 2.31. The molecule has 0 radical (unpaired) electrons. The molecule has 0 amide bonds. The van der Waals surface area contributed by atoms with Gasteiger partial charge in [0, 0.05) is 12.0 Å². The first-order chi connectivity index (χ1) is 4.84. The summed E-state index contributed by atoms with van der Waals surface area (Å²) in [6.45, 7) is 4.20. The van der Waals surface area contributed by atoms with E-state index in [-0.39, 0.29) is 0 Å². The van der Waals surface area contributed by atoms with Crippen LogP contribution in [0.4, 0.5) is 0 Å². The maximum atomic E-state index is 4.43. The molecule has 0 N–H and O–H groups in total. The lowest BCUT2D eigenvalue weighted by molar-refractivity contribution is -0.252. The standard InChI is InChI=1S/C7H11NO2/c1-3-6(2)7-4-5-9-10-8-7/h4-6H,3H2,1-2H3. The fourth-order valence-corrected chi connectivity index (χ4v) is 0.681. The molecule has 0 aromatic rings. The van der Waals surface area contributed by atoms with Gasteiger partial charge in [0.2, 0.25) is 0 Å². The van der Waals surface area contributed by atoms with E-state index in [4.69, 9.17) is 0 Å². The third-order valence-corrected chi connectivity index (χ3v) is 1.60. The average molecular weight is 141 g/mol. The summed E-state index contributed by atoms with van der Waals surface area (Å²) in [6.07, 6.45) is 4.37. The molecule has 3 nitrogen and oxygen atoms in total. The van der Waals surface area contributed by atoms with Gasteiger partial charge in [0.15, 0.2) is 0 Å². The second kappa shape index (κ2) is 3.25. The molecule has 0 fully saturated rings. The summed E-state index contributed by atoms with van der Waals surface area (Å²) >= 11 is 0. The van der Waals surface area contributed by atoms with Crippen LogP contribution in [0, 0.1) is 5.92 Å². The molecule has 1 aliphatic heterocycles. The molecule has 0 aromatic carbocycles. The Morgan fingerprint density at radius 1 is 1.70 bits per heavy atom. The van der Waals surface area contributed by atoms with Crippen LogP contribution in [0.1, 0.15) is 20.3 Å². The lowest BCUT2D eigenvalue weighted by Gasteiger charge is -2.09. The third-order valence-electron chi connectivity index (χ3n) is 1.60. The quantitative estimate of drug-likeness (QED) is 0.549. The summed E-state index contributed by atoms with van der Waals surface area (Å²) < 4.78 is 0. The first-order valence-electron chi connectivity index (χ1n) is 3.41. The van der Waals surface area contributed by atoms with Crippen LogP contribution in [-0.2, 0) is 9.88 Å². The molecule has 0 saturated carbocycles. The molecule has 1 unspecified atom stereocenters. The zero-order valence-electron chi connectivity index (χ0n) is 6.20. The summed E-state index contributed by atoms with van der Waals surface area (Å²) in [5, 5.41) is 3.71. The highest BCUT2D eigenvalue weighted by Gasteiger charge is 2.08. The third kappa shape index (κ3) is 1.50. The zero-order chi connectivity index (χ0) is 7.40. The lowest BCUT2D eigenvalue weighted by Crippen LogP contribution is -2.10. The van der Waals surface area contributed by atoms with Crippen molar-refractivity contribution in [3.63, 3.8) is 0 Å². The summed E-state index contributed by atoms with van der Waals surface area (Å²) in [4.78, 5) is 8.83. The minimum Gasteiger partial charge on any atom is -0.275 e. The van der Waals surface area contributed by atoms with Crippen LogP contribution in [-0.4, -0.2) is 5.71 Å². The first-order valence-corrected chi connectivity index (χ1v) is 3.41. The van der Waals surface area contributed by atoms with Gasteiger partial charge in [0.25, 0.3) is 0 Å². The van der Waals surface area contributed by atoms with Crippen LogP contribution in [0.3, 0.4) is 0 Å². The van der Waals surface area contributed by atoms with Crippen molar-refractivity contribution in [2.75, 3.05) is 0 Å². The fraction of sp³-hybridized carbons (Fsp3) is 0.571. The highest BCUT2D eigenvalue weighted by molar-refractivity contribution is 5.96. The largest absolute Gasteiger partial charge is 0.275 e. The number of rotatable bonds is 2. The molecule has 0 aromatic heterocycles. The van der Waals surface area contributed by atoms with Gasteiger partial charge in [-0.1, -0.05) is 13.8 Å². The van der Waals surface area contributed by atoms with E-state index in [1.807, 2.05) is 6.08 Å². The van der Waals surface area contributed by atoms with Crippen molar-refractivity contribution in [1.82, 2.24) is 0 Å². The van der Waals surface area contributed by atoms with E-state index in [1.165, 1.54) is 6.26 Å². The van der Waals surface area contributed by atoms with Gasteiger partial charge in [-0.05, 0) is 11.6 Å². The Bertz CT molecular complexity index is 163. The van der Waals surface area contributed by atoms with E-state index >= 15 is 0 Å². The van der Waals surface area contributed by atoms with Crippen molar-refractivity contribution in [2.45, 2.75) is 20.3 Å². The molecular weight excluding hydrogens is 130 g/mol. The van der Waals surface area contributed by atoms with E-state index in [0.717, 1.165) is 12.1 Å². The number of hydrogen-bond acceptors (Lipinski definition) is 3. The molecule has 10 heavy (non-hydrogen) atoms. The first kappa shape index (κ1) is 7.12. The molecule has 0 aliphatic carbocycles.